The van der Waals surface area contributed by atoms with Crippen molar-refractivity contribution in [1.82, 2.24) is 10.3 Å². The molecule has 1 amide bonds. The number of fused-ring (bicyclic) bond motifs is 3. The first-order chi connectivity index (χ1) is 13.5. The number of pyridine rings is 1. The highest BCUT2D eigenvalue weighted by Gasteiger charge is 2.33. The van der Waals surface area contributed by atoms with Crippen LogP contribution in [0.5, 0.6) is 5.75 Å². The zero-order valence-corrected chi connectivity index (χ0v) is 15.8. The Hall–Kier alpha value is -3.18. The molecule has 0 fully saturated rings. The minimum absolute atomic E-state index is 0.171. The Morgan fingerprint density at radius 1 is 1.14 bits per heavy atom. The van der Waals surface area contributed by atoms with Gasteiger partial charge in [-0.2, -0.15) is 0 Å². The molecule has 0 saturated carbocycles. The van der Waals surface area contributed by atoms with Crippen molar-refractivity contribution in [3.8, 4) is 16.9 Å². The summed E-state index contributed by atoms with van der Waals surface area (Å²) in [5.74, 6) is 0.503. The maximum Gasteiger partial charge on any atom is 0.251 e. The first kappa shape index (κ1) is 18.2. The number of aliphatic hydroxyl groups excluding tert-OH is 1. The quantitative estimate of drug-likeness (QED) is 0.728. The molecule has 1 aliphatic heterocycles. The van der Waals surface area contributed by atoms with E-state index >= 15 is 0 Å². The van der Waals surface area contributed by atoms with Gasteiger partial charge in [0.25, 0.3) is 5.91 Å². The Morgan fingerprint density at radius 3 is 2.68 bits per heavy atom. The second kappa shape index (κ2) is 7.09. The van der Waals surface area contributed by atoms with E-state index in [-0.39, 0.29) is 12.5 Å². The van der Waals surface area contributed by atoms with Crippen molar-refractivity contribution in [2.75, 3.05) is 6.61 Å². The lowest BCUT2D eigenvalue weighted by atomic mass is 9.85. The minimum atomic E-state index is -0.586. The monoisotopic (exact) mass is 374 g/mol. The van der Waals surface area contributed by atoms with Crippen molar-refractivity contribution in [2.24, 2.45) is 0 Å². The van der Waals surface area contributed by atoms with Gasteiger partial charge in [-0.05, 0) is 43.2 Å². The molecule has 0 unspecified atom stereocenters. The van der Waals surface area contributed by atoms with E-state index in [0.29, 0.717) is 5.56 Å². The number of hydrogen-bond donors (Lipinski definition) is 2. The van der Waals surface area contributed by atoms with Crippen LogP contribution in [0.2, 0.25) is 0 Å². The molecule has 0 aliphatic carbocycles. The maximum atomic E-state index is 12.9. The highest BCUT2D eigenvalue weighted by atomic mass is 16.5. The van der Waals surface area contributed by atoms with Crippen LogP contribution in [0, 0.1) is 0 Å². The zero-order chi connectivity index (χ0) is 19.7. The van der Waals surface area contributed by atoms with Crippen LogP contribution in [0.25, 0.3) is 11.1 Å². The lowest BCUT2D eigenvalue weighted by Gasteiger charge is -2.35. The van der Waals surface area contributed by atoms with Gasteiger partial charge in [-0.15, -0.1) is 0 Å². The normalized spacial score (nSPS) is 15.0. The van der Waals surface area contributed by atoms with Gasteiger partial charge in [0.05, 0.1) is 18.8 Å². The molecule has 4 rings (SSSR count). The summed E-state index contributed by atoms with van der Waals surface area (Å²) in [6.07, 6.45) is 3.45. The standard InChI is InChI=1S/C23H22N2O3/c1-23(2)19-12-16(8-9-17(19)18-10-11-24-13-21(18)28-23)22(27)25-20(14-26)15-6-4-3-5-7-15/h3-13,20,26H,14H2,1-2H3,(H,25,27)/t20-/m1/s1. The summed E-state index contributed by atoms with van der Waals surface area (Å²) < 4.78 is 6.12. The third-order valence-corrected chi connectivity index (χ3v) is 5.06. The number of carbonyl (C=O) groups excluding carboxylic acids is 1. The molecule has 0 saturated heterocycles. The second-order valence-electron chi connectivity index (χ2n) is 7.36. The first-order valence-corrected chi connectivity index (χ1v) is 9.24. The molecule has 1 atom stereocenters. The lowest BCUT2D eigenvalue weighted by Crippen LogP contribution is -2.32. The zero-order valence-electron chi connectivity index (χ0n) is 15.8. The minimum Gasteiger partial charge on any atom is -0.481 e. The second-order valence-corrected chi connectivity index (χ2v) is 7.36. The van der Waals surface area contributed by atoms with Crippen molar-refractivity contribution >= 4 is 5.91 Å². The number of benzene rings is 2. The number of ether oxygens (including phenoxy) is 1. The van der Waals surface area contributed by atoms with Crippen LogP contribution < -0.4 is 10.1 Å². The van der Waals surface area contributed by atoms with Crippen LogP contribution >= 0.6 is 0 Å². The molecule has 2 N–H and O–H groups in total. The first-order valence-electron chi connectivity index (χ1n) is 9.24. The van der Waals surface area contributed by atoms with Crippen molar-refractivity contribution < 1.29 is 14.6 Å². The van der Waals surface area contributed by atoms with E-state index in [4.69, 9.17) is 4.74 Å². The van der Waals surface area contributed by atoms with E-state index in [1.165, 1.54) is 0 Å². The fourth-order valence-electron chi connectivity index (χ4n) is 3.59. The van der Waals surface area contributed by atoms with Crippen molar-refractivity contribution in [2.45, 2.75) is 25.5 Å². The summed E-state index contributed by atoms with van der Waals surface area (Å²) in [6, 6.07) is 16.5. The number of rotatable bonds is 4. The summed E-state index contributed by atoms with van der Waals surface area (Å²) in [4.78, 5) is 17.0. The van der Waals surface area contributed by atoms with E-state index in [1.807, 2.05) is 62.4 Å². The van der Waals surface area contributed by atoms with Gasteiger partial charge < -0.3 is 15.2 Å². The molecule has 28 heavy (non-hydrogen) atoms. The topological polar surface area (TPSA) is 71.5 Å². The summed E-state index contributed by atoms with van der Waals surface area (Å²) in [6.45, 7) is 3.78. The number of nitrogens with zero attached hydrogens (tertiary/aromatic N) is 1. The van der Waals surface area contributed by atoms with Gasteiger partial charge in [-0.3, -0.25) is 9.78 Å². The smallest absolute Gasteiger partial charge is 0.251 e. The number of amides is 1. The van der Waals surface area contributed by atoms with Gasteiger partial charge in [0.15, 0.2) is 0 Å². The summed E-state index contributed by atoms with van der Waals surface area (Å²) >= 11 is 0. The number of nitrogens with one attached hydrogen (secondary N) is 1. The van der Waals surface area contributed by atoms with Crippen LogP contribution in [0.4, 0.5) is 0 Å². The van der Waals surface area contributed by atoms with E-state index in [1.54, 1.807) is 18.5 Å². The predicted molar refractivity (Wildman–Crippen MR) is 107 cm³/mol. The van der Waals surface area contributed by atoms with Gasteiger partial charge in [-0.25, -0.2) is 0 Å². The van der Waals surface area contributed by atoms with Gasteiger partial charge in [-0.1, -0.05) is 36.4 Å². The molecule has 0 radical (unpaired) electrons. The van der Waals surface area contributed by atoms with Gasteiger partial charge in [0.2, 0.25) is 0 Å². The highest BCUT2D eigenvalue weighted by molar-refractivity contribution is 5.96. The van der Waals surface area contributed by atoms with Crippen LogP contribution in [-0.2, 0) is 5.60 Å². The number of aliphatic hydroxyl groups is 1. The van der Waals surface area contributed by atoms with Crippen LogP contribution in [0.1, 0.15) is 41.4 Å². The number of aromatic nitrogens is 1. The Balaban J connectivity index is 1.66. The molecule has 1 aromatic heterocycles. The summed E-state index contributed by atoms with van der Waals surface area (Å²) in [5.41, 5.74) is 3.75. The summed E-state index contributed by atoms with van der Waals surface area (Å²) in [7, 11) is 0. The molecular formula is C23H22N2O3. The van der Waals surface area contributed by atoms with Crippen molar-refractivity contribution in [3.05, 3.63) is 83.7 Å². The van der Waals surface area contributed by atoms with Crippen LogP contribution in [-0.4, -0.2) is 22.6 Å². The fraction of sp³-hybridized carbons (Fsp3) is 0.217. The third kappa shape index (κ3) is 3.25. The van der Waals surface area contributed by atoms with Crippen molar-refractivity contribution in [3.63, 3.8) is 0 Å². The number of hydrogen-bond acceptors (Lipinski definition) is 4. The van der Waals surface area contributed by atoms with Crippen LogP contribution in [0.3, 0.4) is 0 Å². The van der Waals surface area contributed by atoms with E-state index in [2.05, 4.69) is 10.3 Å². The summed E-state index contributed by atoms with van der Waals surface area (Å²) in [5, 5.41) is 12.6. The average Bonchev–Trinajstić information content (AvgIpc) is 2.72. The van der Waals surface area contributed by atoms with E-state index in [9.17, 15) is 9.90 Å². The number of carbonyl (C=O) groups is 1. The molecule has 5 heteroatoms. The predicted octanol–water partition coefficient (Wildman–Crippen LogP) is 3.84. The molecule has 0 spiro atoms. The molecule has 3 aromatic rings. The largest absolute Gasteiger partial charge is 0.481 e. The fourth-order valence-corrected chi connectivity index (χ4v) is 3.59. The Labute approximate surface area is 164 Å². The molecule has 1 aliphatic rings. The molecule has 2 aromatic carbocycles. The third-order valence-electron chi connectivity index (χ3n) is 5.06. The van der Waals surface area contributed by atoms with Gasteiger partial charge in [0, 0.05) is 22.9 Å². The molecule has 142 valence electrons. The Bertz CT molecular complexity index is 1020. The van der Waals surface area contributed by atoms with Gasteiger partial charge >= 0.3 is 0 Å². The van der Waals surface area contributed by atoms with Crippen molar-refractivity contribution in [1.29, 1.82) is 0 Å². The highest BCUT2D eigenvalue weighted by Crippen LogP contribution is 2.44. The Morgan fingerprint density at radius 2 is 1.93 bits per heavy atom. The van der Waals surface area contributed by atoms with Crippen LogP contribution in [0.15, 0.2) is 67.0 Å². The maximum absolute atomic E-state index is 12.9. The SMILES string of the molecule is CC1(C)Oc2cnccc2-c2ccc(C(=O)N[C@H](CO)c3ccccc3)cc21. The van der Waals surface area contributed by atoms with Gasteiger partial charge in [0.1, 0.15) is 11.4 Å². The van der Waals surface area contributed by atoms with E-state index < -0.39 is 11.6 Å². The van der Waals surface area contributed by atoms with E-state index in [0.717, 1.165) is 28.0 Å². The molecule has 5 nitrogen and oxygen atoms in total. The lowest BCUT2D eigenvalue weighted by molar-refractivity contribution is 0.0913. The molecule has 0 bridgehead atoms. The average molecular weight is 374 g/mol. The molecular weight excluding hydrogens is 352 g/mol. The molecule has 2 heterocycles. The Kier molecular flexibility index (Phi) is 4.61.